The molecule has 4 rings (SSSR count). The number of nitrogens with zero attached hydrogens (tertiary/aromatic N) is 3. The van der Waals surface area contributed by atoms with Gasteiger partial charge in [-0.25, -0.2) is 4.39 Å². The SMILES string of the molecule is Cc1nnc(-c2ccccc2-c2cc(F)cc(C(=O)N3CCCC(N)C3)c2)s1.Cl. The number of piperidine rings is 1. The van der Waals surface area contributed by atoms with Gasteiger partial charge in [-0.15, -0.1) is 22.6 Å². The average Bonchev–Trinajstić information content (AvgIpc) is 3.13. The van der Waals surface area contributed by atoms with Gasteiger partial charge in [-0.3, -0.25) is 4.79 Å². The van der Waals surface area contributed by atoms with Crippen molar-refractivity contribution >= 4 is 29.7 Å². The van der Waals surface area contributed by atoms with Crippen LogP contribution in [0.2, 0.25) is 0 Å². The number of hydrogen-bond donors (Lipinski definition) is 1. The van der Waals surface area contributed by atoms with Crippen LogP contribution in [0.1, 0.15) is 28.2 Å². The zero-order valence-electron chi connectivity index (χ0n) is 16.0. The number of nitrogens with two attached hydrogens (primary N) is 1. The van der Waals surface area contributed by atoms with E-state index in [9.17, 15) is 9.18 Å². The van der Waals surface area contributed by atoms with Crippen molar-refractivity contribution in [3.8, 4) is 21.7 Å². The number of halogens is 2. The summed E-state index contributed by atoms with van der Waals surface area (Å²) < 4.78 is 14.4. The summed E-state index contributed by atoms with van der Waals surface area (Å²) in [4.78, 5) is 14.6. The monoisotopic (exact) mass is 432 g/mol. The molecule has 0 spiro atoms. The molecule has 152 valence electrons. The molecule has 1 unspecified atom stereocenters. The fourth-order valence-corrected chi connectivity index (χ4v) is 4.30. The summed E-state index contributed by atoms with van der Waals surface area (Å²) in [5.41, 5.74) is 8.68. The number of carbonyl (C=O) groups excluding carboxylic acids is 1. The average molecular weight is 433 g/mol. The van der Waals surface area contributed by atoms with Crippen molar-refractivity contribution in [1.29, 1.82) is 0 Å². The number of likely N-dealkylation sites (tertiary alicyclic amines) is 1. The molecule has 1 amide bonds. The summed E-state index contributed by atoms with van der Waals surface area (Å²) in [6.45, 7) is 3.05. The van der Waals surface area contributed by atoms with E-state index in [2.05, 4.69) is 10.2 Å². The van der Waals surface area contributed by atoms with Gasteiger partial charge in [0.1, 0.15) is 15.8 Å². The standard InChI is InChI=1S/C21H21FN4OS.ClH/c1-13-24-25-20(28-13)19-7-3-2-6-18(19)14-9-15(11-16(22)10-14)21(27)26-8-4-5-17(23)12-26;/h2-3,6-7,9-11,17H,4-5,8,12,23H2,1H3;1H. The Morgan fingerprint density at radius 1 is 1.21 bits per heavy atom. The van der Waals surface area contributed by atoms with E-state index in [1.165, 1.54) is 23.5 Å². The van der Waals surface area contributed by atoms with E-state index in [1.54, 1.807) is 11.0 Å². The zero-order chi connectivity index (χ0) is 19.7. The Balaban J connectivity index is 0.00000240. The molecule has 8 heteroatoms. The molecule has 2 heterocycles. The smallest absolute Gasteiger partial charge is 0.254 e. The summed E-state index contributed by atoms with van der Waals surface area (Å²) in [6, 6.07) is 12.1. The normalized spacial score (nSPS) is 16.4. The molecule has 0 bridgehead atoms. The van der Waals surface area contributed by atoms with Crippen molar-refractivity contribution in [2.75, 3.05) is 13.1 Å². The van der Waals surface area contributed by atoms with Crippen molar-refractivity contribution in [1.82, 2.24) is 15.1 Å². The number of benzene rings is 2. The van der Waals surface area contributed by atoms with E-state index >= 15 is 0 Å². The van der Waals surface area contributed by atoms with E-state index in [-0.39, 0.29) is 24.4 Å². The third kappa shape index (κ3) is 4.63. The maximum absolute atomic E-state index is 14.4. The van der Waals surface area contributed by atoms with E-state index in [1.807, 2.05) is 31.2 Å². The Labute approximate surface area is 179 Å². The second kappa shape index (κ2) is 8.98. The molecule has 1 aromatic heterocycles. The number of aryl methyl sites for hydroxylation is 1. The molecule has 1 aliphatic rings. The molecule has 0 saturated carbocycles. The highest BCUT2D eigenvalue weighted by Crippen LogP contribution is 2.34. The van der Waals surface area contributed by atoms with Crippen LogP contribution in [-0.4, -0.2) is 40.1 Å². The summed E-state index contributed by atoms with van der Waals surface area (Å²) in [6.07, 6.45) is 1.78. The van der Waals surface area contributed by atoms with Crippen molar-refractivity contribution in [3.63, 3.8) is 0 Å². The second-order valence-corrected chi connectivity index (χ2v) is 8.24. The highest BCUT2D eigenvalue weighted by Gasteiger charge is 2.23. The van der Waals surface area contributed by atoms with Gasteiger partial charge in [0.15, 0.2) is 0 Å². The molecule has 5 nitrogen and oxygen atoms in total. The molecular formula is C21H22ClFN4OS. The highest BCUT2D eigenvalue weighted by molar-refractivity contribution is 7.14. The highest BCUT2D eigenvalue weighted by atomic mass is 35.5. The third-order valence-corrected chi connectivity index (χ3v) is 5.76. The van der Waals surface area contributed by atoms with Crippen molar-refractivity contribution in [2.45, 2.75) is 25.8 Å². The number of carbonyl (C=O) groups is 1. The lowest BCUT2D eigenvalue weighted by Crippen LogP contribution is -2.45. The van der Waals surface area contributed by atoms with Crippen molar-refractivity contribution in [3.05, 3.63) is 58.9 Å². The minimum atomic E-state index is -0.439. The van der Waals surface area contributed by atoms with E-state index in [0.29, 0.717) is 24.2 Å². The van der Waals surface area contributed by atoms with Crippen LogP contribution in [0.15, 0.2) is 42.5 Å². The molecule has 1 fully saturated rings. The molecule has 29 heavy (non-hydrogen) atoms. The van der Waals surface area contributed by atoms with Gasteiger partial charge in [-0.05, 0) is 49.1 Å². The Morgan fingerprint density at radius 2 is 1.97 bits per heavy atom. The first-order valence-electron chi connectivity index (χ1n) is 9.26. The maximum Gasteiger partial charge on any atom is 0.254 e. The fourth-order valence-electron chi connectivity index (χ4n) is 3.57. The summed E-state index contributed by atoms with van der Waals surface area (Å²) in [5, 5.41) is 9.93. The summed E-state index contributed by atoms with van der Waals surface area (Å²) in [5.74, 6) is -0.620. The quantitative estimate of drug-likeness (QED) is 0.669. The molecule has 0 aliphatic carbocycles. The molecule has 2 N–H and O–H groups in total. The van der Waals surface area contributed by atoms with Crippen molar-refractivity contribution < 1.29 is 9.18 Å². The molecule has 2 aromatic carbocycles. The lowest BCUT2D eigenvalue weighted by molar-refractivity contribution is 0.0708. The van der Waals surface area contributed by atoms with Gasteiger partial charge in [0.2, 0.25) is 0 Å². The number of rotatable bonds is 3. The molecule has 3 aromatic rings. The Morgan fingerprint density at radius 3 is 2.66 bits per heavy atom. The van der Waals surface area contributed by atoms with Gasteiger partial charge < -0.3 is 10.6 Å². The van der Waals surface area contributed by atoms with Crippen LogP contribution < -0.4 is 5.73 Å². The fraction of sp³-hybridized carbons (Fsp3) is 0.286. The van der Waals surface area contributed by atoms with Crippen LogP contribution in [0, 0.1) is 12.7 Å². The molecule has 0 radical (unpaired) electrons. The van der Waals surface area contributed by atoms with Crippen LogP contribution in [0.5, 0.6) is 0 Å². The Hall–Kier alpha value is -2.35. The lowest BCUT2D eigenvalue weighted by Gasteiger charge is -2.31. The van der Waals surface area contributed by atoms with Gasteiger partial charge in [-0.2, -0.15) is 0 Å². The predicted octanol–water partition coefficient (Wildman–Crippen LogP) is 4.30. The van der Waals surface area contributed by atoms with E-state index in [0.717, 1.165) is 34.0 Å². The first-order valence-corrected chi connectivity index (χ1v) is 10.1. The van der Waals surface area contributed by atoms with Gasteiger partial charge in [-0.1, -0.05) is 35.6 Å². The van der Waals surface area contributed by atoms with Crippen LogP contribution in [-0.2, 0) is 0 Å². The topological polar surface area (TPSA) is 72.1 Å². The molecule has 1 atom stereocenters. The first kappa shape index (κ1) is 21.4. The van der Waals surface area contributed by atoms with Crippen LogP contribution in [0.25, 0.3) is 21.7 Å². The number of aromatic nitrogens is 2. The van der Waals surface area contributed by atoms with Crippen molar-refractivity contribution in [2.24, 2.45) is 5.73 Å². The lowest BCUT2D eigenvalue weighted by atomic mass is 9.97. The zero-order valence-corrected chi connectivity index (χ0v) is 17.6. The molecule has 1 aliphatic heterocycles. The first-order chi connectivity index (χ1) is 13.5. The third-order valence-electron chi connectivity index (χ3n) is 4.88. The van der Waals surface area contributed by atoms with Gasteiger partial charge in [0, 0.05) is 30.3 Å². The largest absolute Gasteiger partial charge is 0.337 e. The van der Waals surface area contributed by atoms with E-state index in [4.69, 9.17) is 5.73 Å². The summed E-state index contributed by atoms with van der Waals surface area (Å²) in [7, 11) is 0. The van der Waals surface area contributed by atoms with Gasteiger partial charge in [0.25, 0.3) is 5.91 Å². The van der Waals surface area contributed by atoms with Crippen LogP contribution in [0.4, 0.5) is 4.39 Å². The minimum absolute atomic E-state index is 0. The summed E-state index contributed by atoms with van der Waals surface area (Å²) >= 11 is 1.48. The van der Waals surface area contributed by atoms with E-state index < -0.39 is 5.82 Å². The minimum Gasteiger partial charge on any atom is -0.337 e. The van der Waals surface area contributed by atoms with Crippen LogP contribution >= 0.6 is 23.7 Å². The maximum atomic E-state index is 14.4. The number of amides is 1. The van der Waals surface area contributed by atoms with Crippen LogP contribution in [0.3, 0.4) is 0 Å². The molecule has 1 saturated heterocycles. The van der Waals surface area contributed by atoms with Gasteiger partial charge >= 0.3 is 0 Å². The Kier molecular flexibility index (Phi) is 6.62. The van der Waals surface area contributed by atoms with Gasteiger partial charge in [0.05, 0.1) is 0 Å². The second-order valence-electron chi connectivity index (χ2n) is 7.05. The number of hydrogen-bond acceptors (Lipinski definition) is 5. The Bertz CT molecular complexity index is 1030. The predicted molar refractivity (Wildman–Crippen MR) is 116 cm³/mol. The molecular weight excluding hydrogens is 411 g/mol.